The maximum absolute atomic E-state index is 12.6. The number of rotatable bonds is 6. The number of nitrogens with one attached hydrogen (secondary N) is 1. The third-order valence-electron chi connectivity index (χ3n) is 6.83. The molecular weight excluding hydrogens is 506 g/mol. The summed E-state index contributed by atoms with van der Waals surface area (Å²) in [6.45, 7) is 3.01. The summed E-state index contributed by atoms with van der Waals surface area (Å²) in [5, 5.41) is 43.8. The summed E-state index contributed by atoms with van der Waals surface area (Å²) in [4.78, 5) is 16.7. The Hall–Kier alpha value is -3.30. The Bertz CT molecular complexity index is 1380. The first-order valence-corrected chi connectivity index (χ1v) is 13.3. The van der Waals surface area contributed by atoms with Crippen LogP contribution in [-0.2, 0) is 14.3 Å². The van der Waals surface area contributed by atoms with Gasteiger partial charge in [-0.25, -0.2) is 0 Å². The van der Waals surface area contributed by atoms with E-state index in [9.17, 15) is 25.4 Å². The highest BCUT2D eigenvalue weighted by molar-refractivity contribution is 7.16. The summed E-state index contributed by atoms with van der Waals surface area (Å²) in [7, 11) is 0. The number of benzene rings is 2. The van der Waals surface area contributed by atoms with Gasteiger partial charge in [-0.2, -0.15) is 5.26 Å². The average Bonchev–Trinajstić information content (AvgIpc) is 3.42. The quantitative estimate of drug-likeness (QED) is 0.278. The van der Waals surface area contributed by atoms with Crippen molar-refractivity contribution in [1.82, 2.24) is 5.32 Å². The van der Waals surface area contributed by atoms with Crippen molar-refractivity contribution in [2.24, 2.45) is 0 Å². The second-order valence-electron chi connectivity index (χ2n) is 9.35. The smallest absolute Gasteiger partial charge is 0.262 e. The molecule has 2 aliphatic rings. The first-order chi connectivity index (χ1) is 18.4. The Balaban J connectivity index is 1.26. The molecule has 9 nitrogen and oxygen atoms in total. The van der Waals surface area contributed by atoms with Gasteiger partial charge in [0.25, 0.3) is 5.91 Å². The van der Waals surface area contributed by atoms with Crippen LogP contribution in [0.1, 0.15) is 4.88 Å². The number of ether oxygens (including phenoxy) is 2. The standard InChI is InChI=1S/C28H29N3O6S/c29-14-20(28(35)30-15-24-27(34)26(33)23(32)16-37-24)13-22-5-6-25(38-22)19-2-1-18-12-21(4-3-17(18)11-19)31-7-9-36-10-8-31/h1-6,11-13,23-24,26-27,32-34H,7-10,15-16H2,(H,30,35)/b20-13+/t23-,24+,26+,27+/m0/s1. The monoisotopic (exact) mass is 535 g/mol. The van der Waals surface area contributed by atoms with Gasteiger partial charge in [-0.05, 0) is 52.7 Å². The van der Waals surface area contributed by atoms with Crippen molar-refractivity contribution in [3.63, 3.8) is 0 Å². The second kappa shape index (κ2) is 11.6. The SMILES string of the molecule is N#C/C(=C\c1ccc(-c2ccc3cc(N4CCOCC4)ccc3c2)s1)C(=O)NC[C@H]1OC[C@H](O)[C@@H](O)[C@@H]1O. The molecular formula is C28H29N3O6S. The lowest BCUT2D eigenvalue weighted by Crippen LogP contribution is -2.56. The summed E-state index contributed by atoms with van der Waals surface area (Å²) < 4.78 is 10.7. The number of morpholine rings is 1. The van der Waals surface area contributed by atoms with Crippen LogP contribution in [0.25, 0.3) is 27.3 Å². The fourth-order valence-corrected chi connectivity index (χ4v) is 5.56. The van der Waals surface area contributed by atoms with E-state index in [0.29, 0.717) is 0 Å². The first-order valence-electron chi connectivity index (χ1n) is 12.5. The normalized spacial score (nSPS) is 24.3. The maximum Gasteiger partial charge on any atom is 0.262 e. The number of aliphatic hydroxyl groups excluding tert-OH is 3. The van der Waals surface area contributed by atoms with E-state index in [4.69, 9.17) is 9.47 Å². The molecule has 2 aliphatic heterocycles. The number of thiophene rings is 1. The zero-order valence-electron chi connectivity index (χ0n) is 20.6. The Kier molecular flexibility index (Phi) is 8.04. The molecule has 198 valence electrons. The predicted molar refractivity (Wildman–Crippen MR) is 145 cm³/mol. The van der Waals surface area contributed by atoms with Crippen LogP contribution in [0.2, 0.25) is 0 Å². The maximum atomic E-state index is 12.6. The molecule has 3 aromatic rings. The van der Waals surface area contributed by atoms with Gasteiger partial charge in [-0.15, -0.1) is 11.3 Å². The van der Waals surface area contributed by atoms with E-state index in [2.05, 4.69) is 46.6 Å². The molecule has 4 atom stereocenters. The van der Waals surface area contributed by atoms with Crippen LogP contribution < -0.4 is 10.2 Å². The molecule has 1 amide bonds. The number of hydrogen-bond donors (Lipinski definition) is 4. The number of nitrogens with zero attached hydrogens (tertiary/aromatic N) is 2. The molecule has 0 aliphatic carbocycles. The van der Waals surface area contributed by atoms with Crippen LogP contribution >= 0.6 is 11.3 Å². The van der Waals surface area contributed by atoms with Crippen LogP contribution in [0.15, 0.2) is 54.1 Å². The van der Waals surface area contributed by atoms with Crippen LogP contribution in [-0.4, -0.2) is 85.1 Å². The second-order valence-corrected chi connectivity index (χ2v) is 10.5. The first kappa shape index (κ1) is 26.3. The van der Waals surface area contributed by atoms with Gasteiger partial charge in [0.1, 0.15) is 36.1 Å². The summed E-state index contributed by atoms with van der Waals surface area (Å²) in [5.74, 6) is -0.611. The van der Waals surface area contributed by atoms with Crippen molar-refractivity contribution in [3.8, 4) is 16.5 Å². The topological polar surface area (TPSA) is 135 Å². The van der Waals surface area contributed by atoms with E-state index < -0.39 is 30.3 Å². The molecule has 0 saturated carbocycles. The van der Waals surface area contributed by atoms with Crippen LogP contribution in [0.4, 0.5) is 5.69 Å². The third kappa shape index (κ3) is 5.73. The summed E-state index contributed by atoms with van der Waals surface area (Å²) in [5.41, 5.74) is 2.16. The number of carbonyl (C=O) groups excluding carboxylic acids is 1. The molecule has 10 heteroatoms. The zero-order chi connectivity index (χ0) is 26.6. The van der Waals surface area contributed by atoms with E-state index in [1.165, 1.54) is 23.1 Å². The highest BCUT2D eigenvalue weighted by atomic mass is 32.1. The minimum absolute atomic E-state index is 0.0848. The lowest BCUT2D eigenvalue weighted by Gasteiger charge is -2.35. The zero-order valence-corrected chi connectivity index (χ0v) is 21.4. The van der Waals surface area contributed by atoms with Crippen LogP contribution in [0.3, 0.4) is 0 Å². The van der Waals surface area contributed by atoms with Crippen LogP contribution in [0, 0.1) is 11.3 Å². The van der Waals surface area contributed by atoms with Gasteiger partial charge in [-0.1, -0.05) is 18.2 Å². The minimum Gasteiger partial charge on any atom is -0.388 e. The molecule has 3 heterocycles. The van der Waals surface area contributed by atoms with Gasteiger partial charge in [-0.3, -0.25) is 4.79 Å². The number of amides is 1. The van der Waals surface area contributed by atoms with Gasteiger partial charge in [0.05, 0.1) is 19.8 Å². The molecule has 0 spiro atoms. The van der Waals surface area contributed by atoms with Crippen molar-refractivity contribution in [3.05, 3.63) is 59.0 Å². The summed E-state index contributed by atoms with van der Waals surface area (Å²) in [6, 6.07) is 18.5. The fraction of sp³-hybridized carbons (Fsp3) is 0.357. The Labute approximate surface area is 224 Å². The number of anilines is 1. The molecule has 0 radical (unpaired) electrons. The van der Waals surface area contributed by atoms with E-state index in [1.54, 1.807) is 0 Å². The number of carbonyl (C=O) groups is 1. The molecule has 4 N–H and O–H groups in total. The number of aliphatic hydroxyl groups is 3. The van der Waals surface area contributed by atoms with Gasteiger partial charge in [0.15, 0.2) is 0 Å². The lowest BCUT2D eigenvalue weighted by atomic mass is 10.00. The van der Waals surface area contributed by atoms with Crippen molar-refractivity contribution in [1.29, 1.82) is 5.26 Å². The number of nitriles is 1. The molecule has 2 fully saturated rings. The lowest BCUT2D eigenvalue weighted by molar-refractivity contribution is -0.185. The van der Waals surface area contributed by atoms with Crippen LogP contribution in [0.5, 0.6) is 0 Å². The molecule has 38 heavy (non-hydrogen) atoms. The Morgan fingerprint density at radius 2 is 1.84 bits per heavy atom. The summed E-state index contributed by atoms with van der Waals surface area (Å²) >= 11 is 1.47. The molecule has 2 saturated heterocycles. The van der Waals surface area contributed by atoms with Gasteiger partial charge in [0, 0.05) is 35.1 Å². The highest BCUT2D eigenvalue weighted by Crippen LogP contribution is 2.33. The Morgan fingerprint density at radius 3 is 2.63 bits per heavy atom. The van der Waals surface area contributed by atoms with Crippen molar-refractivity contribution in [2.45, 2.75) is 24.4 Å². The minimum atomic E-state index is -1.36. The van der Waals surface area contributed by atoms with E-state index in [-0.39, 0.29) is 18.7 Å². The number of hydrogen-bond acceptors (Lipinski definition) is 9. The average molecular weight is 536 g/mol. The summed E-state index contributed by atoms with van der Waals surface area (Å²) in [6.07, 6.45) is -3.25. The van der Waals surface area contributed by atoms with Crippen molar-refractivity contribution < 1.29 is 29.6 Å². The van der Waals surface area contributed by atoms with Crippen molar-refractivity contribution in [2.75, 3.05) is 44.4 Å². The van der Waals surface area contributed by atoms with Gasteiger partial charge >= 0.3 is 0 Å². The molecule has 0 bridgehead atoms. The molecule has 1 aromatic heterocycles. The molecule has 0 unspecified atom stereocenters. The van der Waals surface area contributed by atoms with Gasteiger partial charge in [0.2, 0.25) is 0 Å². The third-order valence-corrected chi connectivity index (χ3v) is 7.91. The fourth-order valence-electron chi connectivity index (χ4n) is 4.62. The van der Waals surface area contributed by atoms with E-state index >= 15 is 0 Å². The largest absolute Gasteiger partial charge is 0.388 e. The van der Waals surface area contributed by atoms with E-state index in [0.717, 1.165) is 52.4 Å². The molecule has 2 aromatic carbocycles. The predicted octanol–water partition coefficient (Wildman–Crippen LogP) is 1.91. The Morgan fingerprint density at radius 1 is 1.08 bits per heavy atom. The molecule has 5 rings (SSSR count). The number of fused-ring (bicyclic) bond motifs is 1. The van der Waals surface area contributed by atoms with Crippen molar-refractivity contribution >= 4 is 39.8 Å². The van der Waals surface area contributed by atoms with E-state index in [1.807, 2.05) is 18.2 Å². The van der Waals surface area contributed by atoms with Gasteiger partial charge < -0.3 is 35.0 Å². The highest BCUT2D eigenvalue weighted by Gasteiger charge is 2.37.